The zero-order valence-corrected chi connectivity index (χ0v) is 12.6. The predicted molar refractivity (Wildman–Crippen MR) is 78.2 cm³/mol. The molecule has 0 aliphatic heterocycles. The first kappa shape index (κ1) is 14.5. The molecule has 1 aromatic carbocycles. The van der Waals surface area contributed by atoms with Crippen LogP contribution in [0.3, 0.4) is 0 Å². The number of benzene rings is 1. The molecule has 2 nitrogen and oxygen atoms in total. The Morgan fingerprint density at radius 1 is 1.29 bits per heavy atom. The van der Waals surface area contributed by atoms with Crippen molar-refractivity contribution in [1.82, 2.24) is 0 Å². The summed E-state index contributed by atoms with van der Waals surface area (Å²) in [5.74, 6) is 0. The van der Waals surface area contributed by atoms with Gasteiger partial charge in [0, 0.05) is 30.7 Å². The van der Waals surface area contributed by atoms with E-state index >= 15 is 0 Å². The highest BCUT2D eigenvalue weighted by Crippen LogP contribution is 2.20. The van der Waals surface area contributed by atoms with Gasteiger partial charge in [-0.3, -0.25) is 0 Å². The van der Waals surface area contributed by atoms with Gasteiger partial charge >= 0.3 is 0 Å². The van der Waals surface area contributed by atoms with Crippen molar-refractivity contribution in [3.8, 4) is 0 Å². The van der Waals surface area contributed by atoms with E-state index in [1.165, 1.54) is 16.8 Å². The monoisotopic (exact) mass is 299 g/mol. The molecular formula is C14H22BrNO. The van der Waals surface area contributed by atoms with Gasteiger partial charge in [-0.25, -0.2) is 0 Å². The van der Waals surface area contributed by atoms with Crippen LogP contribution >= 0.6 is 15.9 Å². The summed E-state index contributed by atoms with van der Waals surface area (Å²) < 4.78 is 5.41. The van der Waals surface area contributed by atoms with E-state index in [9.17, 15) is 0 Å². The van der Waals surface area contributed by atoms with Crippen LogP contribution in [0.4, 0.5) is 5.69 Å². The Labute approximate surface area is 113 Å². The number of halogens is 1. The summed E-state index contributed by atoms with van der Waals surface area (Å²) in [6.07, 6.45) is 0. The van der Waals surface area contributed by atoms with E-state index in [0.717, 1.165) is 31.6 Å². The van der Waals surface area contributed by atoms with Crippen molar-refractivity contribution >= 4 is 21.6 Å². The third kappa shape index (κ3) is 4.32. The van der Waals surface area contributed by atoms with Crippen LogP contribution in [0.5, 0.6) is 0 Å². The number of likely N-dealkylation sites (N-methyl/N-ethyl adjacent to an activating group) is 1. The minimum absolute atomic E-state index is 0.791. The SMILES string of the molecule is CCOCCN(CC)c1ccc(CBr)c(C)c1. The summed E-state index contributed by atoms with van der Waals surface area (Å²) in [5.41, 5.74) is 3.98. The smallest absolute Gasteiger partial charge is 0.0641 e. The molecule has 0 bridgehead atoms. The van der Waals surface area contributed by atoms with Gasteiger partial charge in [-0.15, -0.1) is 0 Å². The molecule has 0 amide bonds. The van der Waals surface area contributed by atoms with Gasteiger partial charge in [-0.05, 0) is 44.0 Å². The fourth-order valence-corrected chi connectivity index (χ4v) is 2.44. The Hall–Kier alpha value is -0.540. The van der Waals surface area contributed by atoms with Crippen LogP contribution in [0.15, 0.2) is 18.2 Å². The molecular weight excluding hydrogens is 278 g/mol. The zero-order chi connectivity index (χ0) is 12.7. The highest BCUT2D eigenvalue weighted by Gasteiger charge is 2.05. The minimum atomic E-state index is 0.791. The first-order chi connectivity index (χ1) is 8.22. The number of rotatable bonds is 7. The van der Waals surface area contributed by atoms with Crippen molar-refractivity contribution in [1.29, 1.82) is 0 Å². The Kier molecular flexibility index (Phi) is 6.60. The lowest BCUT2D eigenvalue weighted by atomic mass is 10.1. The molecule has 0 saturated heterocycles. The molecule has 0 heterocycles. The van der Waals surface area contributed by atoms with Crippen LogP contribution < -0.4 is 4.90 Å². The van der Waals surface area contributed by atoms with Crippen molar-refractivity contribution in [2.24, 2.45) is 0 Å². The van der Waals surface area contributed by atoms with E-state index < -0.39 is 0 Å². The minimum Gasteiger partial charge on any atom is -0.380 e. The number of nitrogens with zero attached hydrogens (tertiary/aromatic N) is 1. The molecule has 0 aliphatic rings. The van der Waals surface area contributed by atoms with Gasteiger partial charge in [-0.2, -0.15) is 0 Å². The normalized spacial score (nSPS) is 10.6. The predicted octanol–water partition coefficient (Wildman–Crippen LogP) is 3.75. The van der Waals surface area contributed by atoms with Gasteiger partial charge in [0.15, 0.2) is 0 Å². The van der Waals surface area contributed by atoms with Gasteiger partial charge < -0.3 is 9.64 Å². The van der Waals surface area contributed by atoms with E-state index in [1.807, 2.05) is 6.92 Å². The average Bonchev–Trinajstić information content (AvgIpc) is 2.35. The first-order valence-corrected chi connectivity index (χ1v) is 7.33. The third-order valence-electron chi connectivity index (χ3n) is 2.93. The average molecular weight is 300 g/mol. The summed E-state index contributed by atoms with van der Waals surface area (Å²) in [5, 5.41) is 0.921. The highest BCUT2D eigenvalue weighted by atomic mass is 79.9. The van der Waals surface area contributed by atoms with Gasteiger partial charge in [-0.1, -0.05) is 22.0 Å². The molecule has 96 valence electrons. The molecule has 3 heteroatoms. The standard InChI is InChI=1S/C14H22BrNO/c1-4-16(8-9-17-5-2)14-7-6-13(11-15)12(3)10-14/h6-7,10H,4-5,8-9,11H2,1-3H3. The van der Waals surface area contributed by atoms with Gasteiger partial charge in [0.1, 0.15) is 0 Å². The fraction of sp³-hybridized carbons (Fsp3) is 0.571. The number of ether oxygens (including phenoxy) is 1. The van der Waals surface area contributed by atoms with E-state index in [2.05, 4.69) is 52.9 Å². The molecule has 0 aromatic heterocycles. The van der Waals surface area contributed by atoms with E-state index in [-0.39, 0.29) is 0 Å². The topological polar surface area (TPSA) is 12.5 Å². The lowest BCUT2D eigenvalue weighted by Crippen LogP contribution is -2.27. The molecule has 0 unspecified atom stereocenters. The number of anilines is 1. The molecule has 17 heavy (non-hydrogen) atoms. The molecule has 0 aliphatic carbocycles. The molecule has 1 rings (SSSR count). The lowest BCUT2D eigenvalue weighted by Gasteiger charge is -2.23. The van der Waals surface area contributed by atoms with Crippen molar-refractivity contribution < 1.29 is 4.74 Å². The molecule has 0 N–H and O–H groups in total. The van der Waals surface area contributed by atoms with E-state index in [4.69, 9.17) is 4.74 Å². The van der Waals surface area contributed by atoms with E-state index in [1.54, 1.807) is 0 Å². The second-order valence-corrected chi connectivity index (χ2v) is 4.58. The Balaban J connectivity index is 2.71. The first-order valence-electron chi connectivity index (χ1n) is 6.21. The third-order valence-corrected chi connectivity index (χ3v) is 3.53. The maximum absolute atomic E-state index is 5.41. The second-order valence-electron chi connectivity index (χ2n) is 4.02. The molecule has 0 radical (unpaired) electrons. The highest BCUT2D eigenvalue weighted by molar-refractivity contribution is 9.08. The van der Waals surface area contributed by atoms with Crippen LogP contribution in [-0.4, -0.2) is 26.3 Å². The van der Waals surface area contributed by atoms with Gasteiger partial charge in [0.05, 0.1) is 6.61 Å². The number of aryl methyl sites for hydroxylation is 1. The molecule has 1 aromatic rings. The maximum Gasteiger partial charge on any atom is 0.0641 e. The molecule has 0 atom stereocenters. The van der Waals surface area contributed by atoms with Crippen molar-refractivity contribution in [3.05, 3.63) is 29.3 Å². The Bertz CT molecular complexity index is 341. The van der Waals surface area contributed by atoms with Crippen molar-refractivity contribution in [2.75, 3.05) is 31.2 Å². The maximum atomic E-state index is 5.41. The number of hydrogen-bond acceptors (Lipinski definition) is 2. The molecule has 0 fully saturated rings. The molecule has 0 saturated carbocycles. The van der Waals surface area contributed by atoms with Crippen molar-refractivity contribution in [2.45, 2.75) is 26.1 Å². The van der Waals surface area contributed by atoms with E-state index in [0.29, 0.717) is 0 Å². The van der Waals surface area contributed by atoms with Crippen LogP contribution in [-0.2, 0) is 10.1 Å². The molecule has 0 spiro atoms. The van der Waals surface area contributed by atoms with Gasteiger partial charge in [0.25, 0.3) is 0 Å². The second kappa shape index (κ2) is 7.72. The lowest BCUT2D eigenvalue weighted by molar-refractivity contribution is 0.154. The summed E-state index contributed by atoms with van der Waals surface area (Å²) >= 11 is 3.50. The van der Waals surface area contributed by atoms with Gasteiger partial charge in [0.2, 0.25) is 0 Å². The Morgan fingerprint density at radius 2 is 2.06 bits per heavy atom. The van der Waals surface area contributed by atoms with Crippen LogP contribution in [0, 0.1) is 6.92 Å². The zero-order valence-electron chi connectivity index (χ0n) is 11.0. The van der Waals surface area contributed by atoms with Crippen LogP contribution in [0.2, 0.25) is 0 Å². The fourth-order valence-electron chi connectivity index (χ4n) is 1.82. The van der Waals surface area contributed by atoms with Crippen molar-refractivity contribution in [3.63, 3.8) is 0 Å². The van der Waals surface area contributed by atoms with Crippen LogP contribution in [0.1, 0.15) is 25.0 Å². The van der Waals surface area contributed by atoms with Crippen LogP contribution in [0.25, 0.3) is 0 Å². The number of hydrogen-bond donors (Lipinski definition) is 0. The summed E-state index contributed by atoms with van der Waals surface area (Å²) in [6, 6.07) is 6.65. The summed E-state index contributed by atoms with van der Waals surface area (Å²) in [7, 11) is 0. The quantitative estimate of drug-likeness (QED) is 0.561. The largest absolute Gasteiger partial charge is 0.380 e. The Morgan fingerprint density at radius 3 is 2.59 bits per heavy atom. The summed E-state index contributed by atoms with van der Waals surface area (Å²) in [4.78, 5) is 2.35. The number of alkyl halides is 1. The summed E-state index contributed by atoms with van der Waals surface area (Å²) in [6.45, 7) is 9.93.